The molecule has 0 fully saturated rings. The zero-order valence-electron chi connectivity index (χ0n) is 12.9. The summed E-state index contributed by atoms with van der Waals surface area (Å²) in [7, 11) is 1.47. The third-order valence-electron chi connectivity index (χ3n) is 4.46. The molecule has 2 aromatic rings. The molecule has 0 N–H and O–H groups in total. The molecular weight excluding hydrogens is 274 g/mol. The molecule has 114 valence electrons. The lowest BCUT2D eigenvalue weighted by Gasteiger charge is -2.23. The first-order valence-electron chi connectivity index (χ1n) is 7.83. The highest BCUT2D eigenvalue weighted by Gasteiger charge is 2.25. The van der Waals surface area contributed by atoms with Gasteiger partial charge in [-0.05, 0) is 60.4 Å². The van der Waals surface area contributed by atoms with Gasteiger partial charge in [0.15, 0.2) is 0 Å². The highest BCUT2D eigenvalue weighted by Crippen LogP contribution is 2.27. The van der Waals surface area contributed by atoms with Gasteiger partial charge in [0.25, 0.3) is 0 Å². The van der Waals surface area contributed by atoms with E-state index in [9.17, 15) is 4.79 Å². The fourth-order valence-corrected chi connectivity index (χ4v) is 3.17. The van der Waals surface area contributed by atoms with Crippen molar-refractivity contribution >= 4 is 5.97 Å². The van der Waals surface area contributed by atoms with Crippen molar-refractivity contribution in [1.82, 2.24) is 4.98 Å². The largest absolute Gasteiger partial charge is 0.469 e. The van der Waals surface area contributed by atoms with Gasteiger partial charge in [0.05, 0.1) is 13.0 Å². The molecule has 0 aliphatic heterocycles. The van der Waals surface area contributed by atoms with Crippen molar-refractivity contribution in [2.75, 3.05) is 7.11 Å². The second-order valence-corrected chi connectivity index (χ2v) is 5.93. The van der Waals surface area contributed by atoms with Gasteiger partial charge < -0.3 is 4.74 Å². The second kappa shape index (κ2) is 6.73. The van der Waals surface area contributed by atoms with Crippen LogP contribution in [0.2, 0.25) is 0 Å². The number of carbonyl (C=O) groups is 1. The van der Waals surface area contributed by atoms with Gasteiger partial charge in [-0.2, -0.15) is 0 Å². The summed E-state index contributed by atoms with van der Waals surface area (Å²) in [6.45, 7) is 0. The lowest BCUT2D eigenvalue weighted by molar-refractivity contribution is -0.145. The van der Waals surface area contributed by atoms with Crippen LogP contribution < -0.4 is 0 Å². The van der Waals surface area contributed by atoms with Crippen LogP contribution in [-0.2, 0) is 35.2 Å². The Balaban J connectivity index is 1.69. The Bertz CT molecular complexity index is 652. The number of aromatic nitrogens is 1. The number of fused-ring (bicyclic) bond motifs is 1. The summed E-state index contributed by atoms with van der Waals surface area (Å²) >= 11 is 0. The fraction of sp³-hybridized carbons (Fsp3) is 0.368. The first kappa shape index (κ1) is 14.8. The summed E-state index contributed by atoms with van der Waals surface area (Å²) in [6.07, 6.45) is 8.39. The number of esters is 1. The fourth-order valence-electron chi connectivity index (χ4n) is 3.17. The second-order valence-electron chi connectivity index (χ2n) is 5.93. The highest BCUT2D eigenvalue weighted by atomic mass is 16.5. The maximum Gasteiger partial charge on any atom is 0.309 e. The van der Waals surface area contributed by atoms with Gasteiger partial charge in [0, 0.05) is 12.4 Å². The van der Waals surface area contributed by atoms with E-state index in [0.717, 1.165) is 32.1 Å². The van der Waals surface area contributed by atoms with Crippen LogP contribution in [0.5, 0.6) is 0 Å². The Labute approximate surface area is 131 Å². The van der Waals surface area contributed by atoms with Gasteiger partial charge in [0.2, 0.25) is 0 Å². The summed E-state index contributed by atoms with van der Waals surface area (Å²) < 4.78 is 4.89. The number of ether oxygens (including phenoxy) is 1. The zero-order valence-corrected chi connectivity index (χ0v) is 12.9. The van der Waals surface area contributed by atoms with E-state index in [2.05, 4.69) is 29.2 Å². The molecule has 3 nitrogen and oxygen atoms in total. The summed E-state index contributed by atoms with van der Waals surface area (Å²) in [4.78, 5) is 15.9. The minimum atomic E-state index is -0.0774. The van der Waals surface area contributed by atoms with Crippen molar-refractivity contribution in [3.05, 3.63) is 65.0 Å². The van der Waals surface area contributed by atoms with Gasteiger partial charge in [-0.25, -0.2) is 0 Å². The number of nitrogens with zero attached hydrogens (tertiary/aromatic N) is 1. The molecule has 1 aliphatic carbocycles. The molecule has 0 saturated heterocycles. The maximum atomic E-state index is 11.7. The summed E-state index contributed by atoms with van der Waals surface area (Å²) in [6, 6.07) is 10.8. The van der Waals surface area contributed by atoms with E-state index in [0.29, 0.717) is 0 Å². The molecule has 0 spiro atoms. The lowest BCUT2D eigenvalue weighted by Crippen LogP contribution is -2.23. The van der Waals surface area contributed by atoms with Crippen molar-refractivity contribution in [2.24, 2.45) is 5.92 Å². The van der Waals surface area contributed by atoms with Crippen molar-refractivity contribution in [3.63, 3.8) is 0 Å². The molecule has 0 amide bonds. The van der Waals surface area contributed by atoms with Crippen LogP contribution in [0, 0.1) is 5.92 Å². The van der Waals surface area contributed by atoms with E-state index in [4.69, 9.17) is 4.74 Å². The summed E-state index contributed by atoms with van der Waals surface area (Å²) in [5, 5.41) is 0. The number of rotatable bonds is 4. The molecule has 1 atom stereocenters. The number of pyridine rings is 1. The van der Waals surface area contributed by atoms with Gasteiger partial charge >= 0.3 is 5.97 Å². The van der Waals surface area contributed by atoms with Crippen molar-refractivity contribution in [1.29, 1.82) is 0 Å². The maximum absolute atomic E-state index is 11.7. The van der Waals surface area contributed by atoms with Crippen molar-refractivity contribution < 1.29 is 9.53 Å². The standard InChI is InChI=1S/C19H21NO2/c1-22-19(21)17-9-8-16-7-6-14(11-18(16)12-17)4-5-15-3-2-10-20-13-15/h2-3,6-7,10-11,13,17H,4-5,8-9,12H2,1H3. The molecule has 1 aromatic heterocycles. The van der Waals surface area contributed by atoms with Crippen molar-refractivity contribution in [3.8, 4) is 0 Å². The van der Waals surface area contributed by atoms with E-state index >= 15 is 0 Å². The van der Waals surface area contributed by atoms with E-state index in [1.54, 1.807) is 6.20 Å². The normalized spacial score (nSPS) is 16.9. The Morgan fingerprint density at radius 2 is 2.09 bits per heavy atom. The molecule has 1 heterocycles. The molecule has 0 bridgehead atoms. The topological polar surface area (TPSA) is 39.2 Å². The molecule has 1 aliphatic rings. The first-order valence-corrected chi connectivity index (χ1v) is 7.83. The molecule has 0 saturated carbocycles. The number of benzene rings is 1. The molecule has 0 radical (unpaired) electrons. The summed E-state index contributed by atoms with van der Waals surface area (Å²) in [5.74, 6) is -0.0579. The average Bonchev–Trinajstić information content (AvgIpc) is 2.59. The number of methoxy groups -OCH3 is 1. The molecule has 3 rings (SSSR count). The minimum Gasteiger partial charge on any atom is -0.469 e. The molecule has 1 aromatic carbocycles. The van der Waals surface area contributed by atoms with Gasteiger partial charge in [-0.15, -0.1) is 0 Å². The number of aryl methyl sites for hydroxylation is 3. The third kappa shape index (κ3) is 3.35. The van der Waals surface area contributed by atoms with E-state index < -0.39 is 0 Å². The summed E-state index contributed by atoms with van der Waals surface area (Å²) in [5.41, 5.74) is 5.27. The predicted molar refractivity (Wildman–Crippen MR) is 85.6 cm³/mol. The van der Waals surface area contributed by atoms with Crippen LogP contribution in [0.3, 0.4) is 0 Å². The van der Waals surface area contributed by atoms with Crippen LogP contribution in [-0.4, -0.2) is 18.1 Å². The number of hydrogen-bond donors (Lipinski definition) is 0. The average molecular weight is 295 g/mol. The van der Waals surface area contributed by atoms with Crippen LogP contribution >= 0.6 is 0 Å². The smallest absolute Gasteiger partial charge is 0.309 e. The van der Waals surface area contributed by atoms with Gasteiger partial charge in [-0.3, -0.25) is 9.78 Å². The Morgan fingerprint density at radius 3 is 2.86 bits per heavy atom. The lowest BCUT2D eigenvalue weighted by atomic mass is 9.83. The monoisotopic (exact) mass is 295 g/mol. The van der Waals surface area contributed by atoms with Crippen LogP contribution in [0.1, 0.15) is 28.7 Å². The third-order valence-corrected chi connectivity index (χ3v) is 4.46. The first-order chi connectivity index (χ1) is 10.8. The minimum absolute atomic E-state index is 0.0195. The van der Waals surface area contributed by atoms with Crippen LogP contribution in [0.15, 0.2) is 42.7 Å². The highest BCUT2D eigenvalue weighted by molar-refractivity contribution is 5.73. The Hall–Kier alpha value is -2.16. The number of hydrogen-bond acceptors (Lipinski definition) is 3. The Morgan fingerprint density at radius 1 is 1.23 bits per heavy atom. The molecule has 3 heteroatoms. The Kier molecular flexibility index (Phi) is 4.52. The van der Waals surface area contributed by atoms with Crippen LogP contribution in [0.25, 0.3) is 0 Å². The SMILES string of the molecule is COC(=O)C1CCc2ccc(CCc3cccnc3)cc2C1. The van der Waals surface area contributed by atoms with E-state index in [1.807, 2.05) is 12.3 Å². The van der Waals surface area contributed by atoms with E-state index in [1.165, 1.54) is 29.4 Å². The molecule has 1 unspecified atom stereocenters. The molecular formula is C19H21NO2. The zero-order chi connectivity index (χ0) is 15.4. The quantitative estimate of drug-likeness (QED) is 0.813. The molecule has 22 heavy (non-hydrogen) atoms. The number of carbonyl (C=O) groups excluding carboxylic acids is 1. The van der Waals surface area contributed by atoms with Crippen molar-refractivity contribution in [2.45, 2.75) is 32.1 Å². The van der Waals surface area contributed by atoms with Crippen LogP contribution in [0.4, 0.5) is 0 Å². The van der Waals surface area contributed by atoms with Gasteiger partial charge in [0.1, 0.15) is 0 Å². The van der Waals surface area contributed by atoms with Gasteiger partial charge in [-0.1, -0.05) is 24.3 Å². The predicted octanol–water partition coefficient (Wildman–Crippen LogP) is 3.14. The van der Waals surface area contributed by atoms with E-state index in [-0.39, 0.29) is 11.9 Å².